The van der Waals surface area contributed by atoms with E-state index in [0.29, 0.717) is 25.4 Å². The molecule has 2 saturated heterocycles. The van der Waals surface area contributed by atoms with Gasteiger partial charge < -0.3 is 14.9 Å². The lowest BCUT2D eigenvalue weighted by atomic mass is 10.1. The molecule has 0 aromatic carbocycles. The van der Waals surface area contributed by atoms with Gasteiger partial charge in [0.15, 0.2) is 0 Å². The topological polar surface area (TPSA) is 77.9 Å². The van der Waals surface area contributed by atoms with Gasteiger partial charge in [-0.05, 0) is 5.92 Å². The van der Waals surface area contributed by atoms with Crippen LogP contribution in [-0.4, -0.2) is 58.9 Å². The zero-order chi connectivity index (χ0) is 13.3. The summed E-state index contributed by atoms with van der Waals surface area (Å²) in [7, 11) is 0. The fourth-order valence-corrected chi connectivity index (χ4v) is 2.58. The summed E-state index contributed by atoms with van der Waals surface area (Å²) < 4.78 is 0. The zero-order valence-electron chi connectivity index (χ0n) is 10.5. The van der Waals surface area contributed by atoms with Crippen molar-refractivity contribution in [3.8, 4) is 0 Å². The minimum atomic E-state index is -0.920. The number of carbonyl (C=O) groups is 3. The van der Waals surface area contributed by atoms with Gasteiger partial charge in [-0.2, -0.15) is 0 Å². The Bertz CT molecular complexity index is 382. The van der Waals surface area contributed by atoms with Gasteiger partial charge in [-0.3, -0.25) is 14.4 Å². The van der Waals surface area contributed by atoms with Crippen LogP contribution < -0.4 is 0 Å². The number of hydrogen-bond acceptors (Lipinski definition) is 3. The van der Waals surface area contributed by atoms with Crippen LogP contribution in [-0.2, 0) is 14.4 Å². The number of nitrogens with zero attached hydrogens (tertiary/aromatic N) is 2. The van der Waals surface area contributed by atoms with E-state index in [9.17, 15) is 14.4 Å². The van der Waals surface area contributed by atoms with E-state index in [4.69, 9.17) is 5.11 Å². The molecule has 0 aromatic heterocycles. The maximum absolute atomic E-state index is 11.6. The summed E-state index contributed by atoms with van der Waals surface area (Å²) in [4.78, 5) is 37.3. The van der Waals surface area contributed by atoms with Crippen LogP contribution in [0.25, 0.3) is 0 Å². The summed E-state index contributed by atoms with van der Waals surface area (Å²) in [6.07, 6.45) is 0.658. The second kappa shape index (κ2) is 4.96. The van der Waals surface area contributed by atoms with Crippen molar-refractivity contribution in [1.29, 1.82) is 0 Å². The van der Waals surface area contributed by atoms with E-state index in [-0.39, 0.29) is 24.8 Å². The van der Waals surface area contributed by atoms with Crippen molar-refractivity contribution in [2.24, 2.45) is 11.8 Å². The van der Waals surface area contributed by atoms with Gasteiger partial charge in [-0.1, -0.05) is 6.92 Å². The molecule has 6 nitrogen and oxygen atoms in total. The third-order valence-corrected chi connectivity index (χ3v) is 3.61. The van der Waals surface area contributed by atoms with E-state index in [0.717, 1.165) is 6.54 Å². The molecule has 6 heteroatoms. The molecule has 2 aliphatic rings. The molecular weight excluding hydrogens is 236 g/mol. The van der Waals surface area contributed by atoms with E-state index < -0.39 is 11.9 Å². The number of carboxylic acids is 1. The largest absolute Gasteiger partial charge is 0.481 e. The van der Waals surface area contributed by atoms with Crippen molar-refractivity contribution in [3.63, 3.8) is 0 Å². The first-order valence-electron chi connectivity index (χ1n) is 6.25. The number of hydrogen-bond donors (Lipinski definition) is 1. The molecule has 0 aliphatic carbocycles. The van der Waals surface area contributed by atoms with E-state index in [2.05, 4.69) is 0 Å². The Hall–Kier alpha value is -1.59. The Labute approximate surface area is 106 Å². The second-order valence-corrected chi connectivity index (χ2v) is 5.23. The predicted octanol–water partition coefficient (Wildman–Crippen LogP) is -0.212. The van der Waals surface area contributed by atoms with Crippen LogP contribution in [0.15, 0.2) is 0 Å². The highest BCUT2D eigenvalue weighted by Gasteiger charge is 2.35. The minimum absolute atomic E-state index is 0.0830. The van der Waals surface area contributed by atoms with Crippen LogP contribution >= 0.6 is 0 Å². The molecule has 0 spiro atoms. The van der Waals surface area contributed by atoms with Crippen LogP contribution in [0, 0.1) is 11.8 Å². The molecule has 2 rings (SSSR count). The lowest BCUT2D eigenvalue weighted by Crippen LogP contribution is -2.37. The van der Waals surface area contributed by atoms with Gasteiger partial charge in [0.25, 0.3) is 0 Å². The maximum Gasteiger partial charge on any atom is 0.308 e. The number of carboxylic acid groups (broad SMARTS) is 1. The third kappa shape index (κ3) is 2.63. The molecule has 2 amide bonds. The summed E-state index contributed by atoms with van der Waals surface area (Å²) in [5, 5.41) is 8.86. The van der Waals surface area contributed by atoms with E-state index >= 15 is 0 Å². The SMILES string of the molecule is CC1CC(=O)N(CCN2CC(C(=O)O)CC2=O)C1. The highest BCUT2D eigenvalue weighted by molar-refractivity contribution is 5.86. The Balaban J connectivity index is 1.82. The standard InChI is InChI=1S/C12H18N2O4/c1-8-4-10(15)13(6-8)2-3-14-7-9(12(17)18)5-11(14)16/h8-9H,2-7H2,1H3,(H,17,18). The van der Waals surface area contributed by atoms with Crippen LogP contribution in [0.1, 0.15) is 19.8 Å². The van der Waals surface area contributed by atoms with Gasteiger partial charge in [0.1, 0.15) is 0 Å². The first-order valence-corrected chi connectivity index (χ1v) is 6.25. The lowest BCUT2D eigenvalue weighted by Gasteiger charge is -2.21. The fourth-order valence-electron chi connectivity index (χ4n) is 2.58. The predicted molar refractivity (Wildman–Crippen MR) is 62.7 cm³/mol. The van der Waals surface area contributed by atoms with E-state index in [1.165, 1.54) is 0 Å². The van der Waals surface area contributed by atoms with E-state index in [1.54, 1.807) is 9.80 Å². The smallest absolute Gasteiger partial charge is 0.308 e. The van der Waals surface area contributed by atoms with Crippen LogP contribution in [0.5, 0.6) is 0 Å². The van der Waals surface area contributed by atoms with Crippen molar-refractivity contribution < 1.29 is 19.5 Å². The number of amides is 2. The summed E-state index contributed by atoms with van der Waals surface area (Å²) >= 11 is 0. The quantitative estimate of drug-likeness (QED) is 0.753. The van der Waals surface area contributed by atoms with Crippen LogP contribution in [0.2, 0.25) is 0 Å². The molecular formula is C12H18N2O4. The normalized spacial score (nSPS) is 28.3. The van der Waals surface area contributed by atoms with Gasteiger partial charge in [-0.15, -0.1) is 0 Å². The molecule has 0 aromatic rings. The third-order valence-electron chi connectivity index (χ3n) is 3.61. The lowest BCUT2D eigenvalue weighted by molar-refractivity contribution is -0.141. The summed E-state index contributed by atoms with van der Waals surface area (Å²) in [6, 6.07) is 0. The van der Waals surface area contributed by atoms with Crippen molar-refractivity contribution >= 4 is 17.8 Å². The highest BCUT2D eigenvalue weighted by atomic mass is 16.4. The Morgan fingerprint density at radius 1 is 1.17 bits per heavy atom. The number of carbonyl (C=O) groups excluding carboxylic acids is 2. The van der Waals surface area contributed by atoms with Gasteiger partial charge in [0.05, 0.1) is 5.92 Å². The van der Waals surface area contributed by atoms with Gasteiger partial charge >= 0.3 is 5.97 Å². The molecule has 0 saturated carbocycles. The molecule has 0 radical (unpaired) electrons. The van der Waals surface area contributed by atoms with Crippen molar-refractivity contribution in [2.75, 3.05) is 26.2 Å². The maximum atomic E-state index is 11.6. The molecule has 100 valence electrons. The molecule has 2 atom stereocenters. The number of rotatable bonds is 4. The Morgan fingerprint density at radius 3 is 2.17 bits per heavy atom. The average molecular weight is 254 g/mol. The summed E-state index contributed by atoms with van der Waals surface area (Å²) in [5.41, 5.74) is 0. The van der Waals surface area contributed by atoms with Crippen molar-refractivity contribution in [2.45, 2.75) is 19.8 Å². The first-order chi connectivity index (χ1) is 8.47. The van der Waals surface area contributed by atoms with Gasteiger partial charge in [0.2, 0.25) is 11.8 Å². The monoisotopic (exact) mass is 254 g/mol. The van der Waals surface area contributed by atoms with Crippen LogP contribution in [0.3, 0.4) is 0 Å². The average Bonchev–Trinajstić information content (AvgIpc) is 2.79. The molecule has 18 heavy (non-hydrogen) atoms. The zero-order valence-corrected chi connectivity index (χ0v) is 10.5. The van der Waals surface area contributed by atoms with Gasteiger partial charge in [0, 0.05) is 39.0 Å². The Kier molecular flexibility index (Phi) is 3.54. The first kappa shape index (κ1) is 12.9. The van der Waals surface area contributed by atoms with Crippen molar-refractivity contribution in [3.05, 3.63) is 0 Å². The molecule has 0 bridgehead atoms. The molecule has 2 fully saturated rings. The van der Waals surface area contributed by atoms with E-state index in [1.807, 2.05) is 6.92 Å². The molecule has 2 unspecified atom stereocenters. The van der Waals surface area contributed by atoms with Gasteiger partial charge in [-0.25, -0.2) is 0 Å². The summed E-state index contributed by atoms with van der Waals surface area (Å²) in [5.74, 6) is -1.13. The molecule has 2 heterocycles. The summed E-state index contributed by atoms with van der Waals surface area (Å²) in [6.45, 7) is 4.00. The van der Waals surface area contributed by atoms with Crippen molar-refractivity contribution in [1.82, 2.24) is 9.80 Å². The fraction of sp³-hybridized carbons (Fsp3) is 0.750. The minimum Gasteiger partial charge on any atom is -0.481 e. The Morgan fingerprint density at radius 2 is 1.72 bits per heavy atom. The number of likely N-dealkylation sites (tertiary alicyclic amines) is 2. The molecule has 1 N–H and O–H groups in total. The highest BCUT2D eigenvalue weighted by Crippen LogP contribution is 2.19. The number of aliphatic carboxylic acids is 1. The van der Waals surface area contributed by atoms with Crippen LogP contribution in [0.4, 0.5) is 0 Å². The second-order valence-electron chi connectivity index (χ2n) is 5.23. The molecule has 2 aliphatic heterocycles.